The number of hydrogen-bond acceptors (Lipinski definition) is 7. The van der Waals surface area contributed by atoms with Crippen LogP contribution in [0.4, 0.5) is 5.82 Å². The predicted octanol–water partition coefficient (Wildman–Crippen LogP) is 3.42. The van der Waals surface area contributed by atoms with Gasteiger partial charge in [-0.1, -0.05) is 13.0 Å². The summed E-state index contributed by atoms with van der Waals surface area (Å²) in [7, 11) is 0. The van der Waals surface area contributed by atoms with Crippen LogP contribution in [0.1, 0.15) is 46.1 Å². The lowest BCUT2D eigenvalue weighted by Gasteiger charge is -2.29. The summed E-state index contributed by atoms with van der Waals surface area (Å²) < 4.78 is 5.49. The molecule has 152 valence electrons. The molecule has 0 bridgehead atoms. The van der Waals surface area contributed by atoms with Crippen molar-refractivity contribution in [2.24, 2.45) is 0 Å². The number of thiophene rings is 1. The topological polar surface area (TPSA) is 80.2 Å². The van der Waals surface area contributed by atoms with Crippen LogP contribution >= 0.6 is 11.3 Å². The largest absolute Gasteiger partial charge is 0.378 e. The van der Waals surface area contributed by atoms with Gasteiger partial charge in [-0.2, -0.15) is 0 Å². The number of nitrogens with one attached hydrogen (secondary N) is 1. The highest BCUT2D eigenvalue weighted by Gasteiger charge is 2.23. The second kappa shape index (κ2) is 8.42. The fourth-order valence-corrected chi connectivity index (χ4v) is 4.51. The lowest BCUT2D eigenvalue weighted by Crippen LogP contribution is -2.38. The first-order valence-corrected chi connectivity index (χ1v) is 10.8. The van der Waals surface area contributed by atoms with Crippen molar-refractivity contribution in [3.63, 3.8) is 0 Å². The smallest absolute Gasteiger partial charge is 0.289 e. The molecule has 0 aromatic carbocycles. The van der Waals surface area contributed by atoms with Gasteiger partial charge in [0.2, 0.25) is 5.82 Å². The van der Waals surface area contributed by atoms with Crippen LogP contribution in [0.3, 0.4) is 0 Å². The third-order valence-electron chi connectivity index (χ3n) is 5.09. The molecular weight excluding hydrogens is 386 g/mol. The summed E-state index contributed by atoms with van der Waals surface area (Å²) in [6.07, 6.45) is 0.798. The highest BCUT2D eigenvalue weighted by atomic mass is 32.1. The average molecular weight is 412 g/mol. The Labute approximate surface area is 174 Å². The molecule has 0 saturated carbocycles. The lowest BCUT2D eigenvalue weighted by atomic mass is 10.1. The summed E-state index contributed by atoms with van der Waals surface area (Å²) in [6, 6.07) is 6.00. The molecule has 8 heteroatoms. The number of ether oxygens (including phenoxy) is 1. The van der Waals surface area contributed by atoms with E-state index in [0.29, 0.717) is 18.9 Å². The van der Waals surface area contributed by atoms with Gasteiger partial charge in [0.1, 0.15) is 5.82 Å². The van der Waals surface area contributed by atoms with E-state index in [2.05, 4.69) is 27.1 Å². The molecule has 0 unspecified atom stereocenters. The number of carbonyl (C=O) groups excluding carboxylic acids is 1. The Bertz CT molecular complexity index is 1020. The van der Waals surface area contributed by atoms with Gasteiger partial charge in [0.25, 0.3) is 5.91 Å². The molecule has 0 radical (unpaired) electrons. The number of carbonyl (C=O) groups is 1. The van der Waals surface area contributed by atoms with Crippen molar-refractivity contribution in [1.82, 2.24) is 20.3 Å². The molecule has 4 heterocycles. The van der Waals surface area contributed by atoms with Crippen molar-refractivity contribution in [3.05, 3.63) is 45.5 Å². The van der Waals surface area contributed by atoms with E-state index in [1.165, 1.54) is 0 Å². The van der Waals surface area contributed by atoms with Crippen LogP contribution in [0.5, 0.6) is 0 Å². The van der Waals surface area contributed by atoms with Crippen molar-refractivity contribution in [1.29, 1.82) is 0 Å². The number of fused-ring (bicyclic) bond motifs is 1. The Morgan fingerprint density at radius 1 is 1.28 bits per heavy atom. The highest BCUT2D eigenvalue weighted by molar-refractivity contribution is 7.10. The lowest BCUT2D eigenvalue weighted by molar-refractivity contribution is 0.0926. The van der Waals surface area contributed by atoms with Gasteiger partial charge in [-0.05, 0) is 43.3 Å². The van der Waals surface area contributed by atoms with Crippen LogP contribution in [0.2, 0.25) is 0 Å². The van der Waals surface area contributed by atoms with E-state index in [1.807, 2.05) is 37.4 Å². The van der Waals surface area contributed by atoms with Crippen LogP contribution in [-0.2, 0) is 4.74 Å². The number of rotatable bonds is 5. The van der Waals surface area contributed by atoms with Crippen molar-refractivity contribution in [2.75, 3.05) is 31.2 Å². The molecule has 0 spiro atoms. The summed E-state index contributed by atoms with van der Waals surface area (Å²) in [5.74, 6) is 0.645. The fraction of sp³-hybridized carbons (Fsp3) is 0.429. The number of nitrogens with zero attached hydrogens (tertiary/aromatic N) is 4. The number of hydrogen-bond donors (Lipinski definition) is 1. The van der Waals surface area contributed by atoms with Gasteiger partial charge >= 0.3 is 0 Å². The zero-order chi connectivity index (χ0) is 20.4. The van der Waals surface area contributed by atoms with Crippen LogP contribution in [0.15, 0.2) is 23.6 Å². The van der Waals surface area contributed by atoms with Crippen LogP contribution in [0, 0.1) is 13.8 Å². The first-order valence-electron chi connectivity index (χ1n) is 9.89. The number of aryl methyl sites for hydroxylation is 2. The molecule has 29 heavy (non-hydrogen) atoms. The summed E-state index contributed by atoms with van der Waals surface area (Å²) in [5, 5.41) is 6.00. The van der Waals surface area contributed by atoms with Gasteiger partial charge in [0, 0.05) is 23.7 Å². The number of pyridine rings is 1. The minimum absolute atomic E-state index is 0.0548. The SMILES string of the molecule is CC[C@@H](NC(=O)c1nc(N2CCOCC2)c2c(C)cc(C)nc2n1)c1cccs1. The number of amides is 1. The van der Waals surface area contributed by atoms with Crippen molar-refractivity contribution in [3.8, 4) is 0 Å². The van der Waals surface area contributed by atoms with Crippen LogP contribution < -0.4 is 10.2 Å². The average Bonchev–Trinajstić information content (AvgIpc) is 3.26. The third-order valence-corrected chi connectivity index (χ3v) is 6.07. The molecule has 1 aliphatic rings. The maximum absolute atomic E-state index is 13.1. The van der Waals surface area contributed by atoms with E-state index < -0.39 is 0 Å². The van der Waals surface area contributed by atoms with E-state index in [1.54, 1.807) is 11.3 Å². The maximum atomic E-state index is 13.1. The molecule has 1 amide bonds. The molecule has 0 aliphatic carbocycles. The minimum Gasteiger partial charge on any atom is -0.378 e. The summed E-state index contributed by atoms with van der Waals surface area (Å²) >= 11 is 1.64. The maximum Gasteiger partial charge on any atom is 0.289 e. The normalized spacial score (nSPS) is 15.5. The van der Waals surface area contributed by atoms with E-state index in [4.69, 9.17) is 9.72 Å². The Morgan fingerprint density at radius 3 is 2.76 bits per heavy atom. The molecule has 4 rings (SSSR count). The van der Waals surface area contributed by atoms with Crippen molar-refractivity contribution < 1.29 is 9.53 Å². The van der Waals surface area contributed by atoms with Gasteiger partial charge in [0.05, 0.1) is 24.6 Å². The van der Waals surface area contributed by atoms with E-state index >= 15 is 0 Å². The van der Waals surface area contributed by atoms with Gasteiger partial charge in [0.15, 0.2) is 5.65 Å². The number of aromatic nitrogens is 3. The van der Waals surface area contributed by atoms with Crippen LogP contribution in [0.25, 0.3) is 11.0 Å². The molecule has 3 aromatic heterocycles. The Morgan fingerprint density at radius 2 is 2.07 bits per heavy atom. The second-order valence-corrected chi connectivity index (χ2v) is 8.18. The van der Waals surface area contributed by atoms with E-state index in [0.717, 1.165) is 46.8 Å². The Hall–Kier alpha value is -2.58. The summed E-state index contributed by atoms with van der Waals surface area (Å²) in [4.78, 5) is 30.2. The minimum atomic E-state index is -0.275. The first-order chi connectivity index (χ1) is 14.1. The van der Waals surface area contributed by atoms with Gasteiger partial charge in [-0.15, -0.1) is 11.3 Å². The number of anilines is 1. The van der Waals surface area contributed by atoms with E-state index in [-0.39, 0.29) is 17.8 Å². The zero-order valence-corrected chi connectivity index (χ0v) is 17.8. The molecule has 1 aliphatic heterocycles. The summed E-state index contributed by atoms with van der Waals surface area (Å²) in [5.41, 5.74) is 2.50. The Balaban J connectivity index is 1.75. The standard InChI is InChI=1S/C21H25N5O2S/c1-4-15(16-6-5-11-29-16)23-21(27)19-24-18-17(13(2)12-14(3)22-18)20(25-19)26-7-9-28-10-8-26/h5-6,11-12,15H,4,7-10H2,1-3H3,(H,23,27)/t15-/m1/s1. The van der Waals surface area contributed by atoms with Gasteiger partial charge < -0.3 is 15.0 Å². The van der Waals surface area contributed by atoms with Crippen molar-refractivity contribution in [2.45, 2.75) is 33.2 Å². The van der Waals surface area contributed by atoms with Crippen LogP contribution in [-0.4, -0.2) is 47.2 Å². The molecular formula is C21H25N5O2S. The zero-order valence-electron chi connectivity index (χ0n) is 16.9. The highest BCUT2D eigenvalue weighted by Crippen LogP contribution is 2.28. The van der Waals surface area contributed by atoms with Crippen molar-refractivity contribution >= 4 is 34.1 Å². The fourth-order valence-electron chi connectivity index (χ4n) is 3.65. The Kier molecular flexibility index (Phi) is 5.73. The molecule has 7 nitrogen and oxygen atoms in total. The van der Waals surface area contributed by atoms with Gasteiger partial charge in [-0.25, -0.2) is 15.0 Å². The third kappa shape index (κ3) is 4.09. The first kappa shape index (κ1) is 19.7. The summed E-state index contributed by atoms with van der Waals surface area (Å²) in [6.45, 7) is 8.77. The molecule has 1 fully saturated rings. The second-order valence-electron chi connectivity index (χ2n) is 7.20. The molecule has 1 N–H and O–H groups in total. The number of morpholine rings is 1. The monoisotopic (exact) mass is 411 g/mol. The van der Waals surface area contributed by atoms with Gasteiger partial charge in [-0.3, -0.25) is 4.79 Å². The quantitative estimate of drug-likeness (QED) is 0.693. The predicted molar refractivity (Wildman–Crippen MR) is 115 cm³/mol. The molecule has 1 atom stereocenters. The molecule has 1 saturated heterocycles. The van der Waals surface area contributed by atoms with E-state index in [9.17, 15) is 4.79 Å². The molecule has 3 aromatic rings.